The molecule has 140 valence electrons. The molecule has 1 fully saturated rings. The molecule has 1 atom stereocenters. The molecule has 25 heavy (non-hydrogen) atoms. The second-order valence-electron chi connectivity index (χ2n) is 8.97. The molecule has 0 amide bonds. The first kappa shape index (κ1) is 19.0. The number of unbranched alkanes of at least 4 members (excludes halogenated alkanes) is 4. The summed E-state index contributed by atoms with van der Waals surface area (Å²) in [6.07, 6.45) is 19.9. The number of aryl methyl sites for hydroxylation is 1. The monoisotopic (exact) mass is 340 g/mol. The van der Waals surface area contributed by atoms with Crippen LogP contribution in [0.1, 0.15) is 114 Å². The highest BCUT2D eigenvalue weighted by atomic mass is 14.3. The summed E-state index contributed by atoms with van der Waals surface area (Å²) in [7, 11) is 0. The molecule has 0 spiro atoms. The van der Waals surface area contributed by atoms with Gasteiger partial charge >= 0.3 is 0 Å². The van der Waals surface area contributed by atoms with E-state index >= 15 is 0 Å². The van der Waals surface area contributed by atoms with Crippen molar-refractivity contribution in [2.45, 2.75) is 110 Å². The van der Waals surface area contributed by atoms with Crippen molar-refractivity contribution in [1.82, 2.24) is 0 Å². The normalized spacial score (nSPS) is 26.4. The summed E-state index contributed by atoms with van der Waals surface area (Å²) in [5, 5.41) is 0. The second kappa shape index (κ2) is 9.79. The zero-order chi connectivity index (χ0) is 17.5. The van der Waals surface area contributed by atoms with Crippen LogP contribution in [0.3, 0.4) is 0 Å². The lowest BCUT2D eigenvalue weighted by Crippen LogP contribution is -2.16. The minimum Gasteiger partial charge on any atom is -0.0654 e. The van der Waals surface area contributed by atoms with Gasteiger partial charge in [-0.3, -0.25) is 0 Å². The first-order valence-corrected chi connectivity index (χ1v) is 11.4. The van der Waals surface area contributed by atoms with Crippen molar-refractivity contribution in [3.63, 3.8) is 0 Å². The van der Waals surface area contributed by atoms with Crippen molar-refractivity contribution in [2.75, 3.05) is 0 Å². The van der Waals surface area contributed by atoms with Gasteiger partial charge in [0.2, 0.25) is 0 Å². The molecule has 3 rings (SSSR count). The number of hydrogen-bond donors (Lipinski definition) is 0. The molecule has 1 aromatic rings. The van der Waals surface area contributed by atoms with Crippen molar-refractivity contribution in [3.05, 3.63) is 34.9 Å². The minimum absolute atomic E-state index is 0.851. The number of rotatable bonds is 8. The van der Waals surface area contributed by atoms with Crippen LogP contribution in [-0.4, -0.2) is 0 Å². The average molecular weight is 341 g/mol. The Morgan fingerprint density at radius 1 is 0.800 bits per heavy atom. The molecule has 0 heteroatoms. The second-order valence-corrected chi connectivity index (χ2v) is 8.97. The molecule has 1 saturated carbocycles. The third-order valence-corrected chi connectivity index (χ3v) is 7.17. The predicted molar refractivity (Wildman–Crippen MR) is 110 cm³/mol. The highest BCUT2D eigenvalue weighted by Crippen LogP contribution is 2.38. The van der Waals surface area contributed by atoms with Gasteiger partial charge in [-0.1, -0.05) is 77.0 Å². The molecule has 0 heterocycles. The summed E-state index contributed by atoms with van der Waals surface area (Å²) >= 11 is 0. The Hall–Kier alpha value is -0.780. The summed E-state index contributed by atoms with van der Waals surface area (Å²) in [5.74, 6) is 2.82. The fraction of sp³-hybridized carbons (Fsp3) is 0.760. The van der Waals surface area contributed by atoms with E-state index in [1.165, 1.54) is 89.9 Å². The lowest BCUT2D eigenvalue weighted by molar-refractivity contribution is 0.318. The SMILES string of the molecule is CCCCCCCC1CCc2cc([C@H]3CC[C@H](CC)CC3)ccc2C1. The summed E-state index contributed by atoms with van der Waals surface area (Å²) < 4.78 is 0. The Balaban J connectivity index is 1.49. The van der Waals surface area contributed by atoms with E-state index in [0.29, 0.717) is 0 Å². The topological polar surface area (TPSA) is 0 Å². The Bertz CT molecular complexity index is 507. The fourth-order valence-electron chi connectivity index (χ4n) is 5.29. The van der Waals surface area contributed by atoms with Gasteiger partial charge in [-0.05, 0) is 79.4 Å². The summed E-state index contributed by atoms with van der Waals surface area (Å²) in [4.78, 5) is 0. The van der Waals surface area contributed by atoms with Gasteiger partial charge in [0.1, 0.15) is 0 Å². The third kappa shape index (κ3) is 5.35. The van der Waals surface area contributed by atoms with E-state index in [9.17, 15) is 0 Å². The molecule has 1 aromatic carbocycles. The summed E-state index contributed by atoms with van der Waals surface area (Å²) in [6.45, 7) is 4.67. The van der Waals surface area contributed by atoms with Gasteiger partial charge in [0, 0.05) is 0 Å². The summed E-state index contributed by atoms with van der Waals surface area (Å²) in [6, 6.07) is 7.59. The van der Waals surface area contributed by atoms with Crippen molar-refractivity contribution in [3.8, 4) is 0 Å². The quantitative estimate of drug-likeness (QED) is 0.423. The van der Waals surface area contributed by atoms with Gasteiger partial charge in [0.15, 0.2) is 0 Å². The van der Waals surface area contributed by atoms with Gasteiger partial charge in [0.05, 0.1) is 0 Å². The Labute approximate surface area is 156 Å². The van der Waals surface area contributed by atoms with Gasteiger partial charge in [-0.2, -0.15) is 0 Å². The maximum Gasteiger partial charge on any atom is -0.0162 e. The molecule has 2 aliphatic rings. The summed E-state index contributed by atoms with van der Waals surface area (Å²) in [5.41, 5.74) is 5.03. The minimum atomic E-state index is 0.851. The van der Waals surface area contributed by atoms with Crippen LogP contribution in [0.15, 0.2) is 18.2 Å². The molecule has 0 saturated heterocycles. The number of benzene rings is 1. The van der Waals surface area contributed by atoms with Gasteiger partial charge < -0.3 is 0 Å². The number of hydrogen-bond acceptors (Lipinski definition) is 0. The Morgan fingerprint density at radius 2 is 1.60 bits per heavy atom. The molecule has 0 nitrogen and oxygen atoms in total. The van der Waals surface area contributed by atoms with Crippen molar-refractivity contribution >= 4 is 0 Å². The highest BCUT2D eigenvalue weighted by Gasteiger charge is 2.23. The van der Waals surface area contributed by atoms with Crippen LogP contribution in [0.25, 0.3) is 0 Å². The molecule has 0 aromatic heterocycles. The standard InChI is InChI=1S/C25H40/c1-3-5-6-7-8-9-21-12-15-25-19-24(17-16-23(25)18-21)22-13-10-20(4-2)11-14-22/h16-17,19-22H,3-15,18H2,1-2H3/t20-,21?,22-. The maximum atomic E-state index is 2.60. The van der Waals surface area contributed by atoms with Crippen LogP contribution >= 0.6 is 0 Å². The average Bonchev–Trinajstić information content (AvgIpc) is 2.67. The molecule has 1 unspecified atom stereocenters. The van der Waals surface area contributed by atoms with Crippen LogP contribution in [0.4, 0.5) is 0 Å². The van der Waals surface area contributed by atoms with E-state index in [1.54, 1.807) is 16.7 Å². The predicted octanol–water partition coefficient (Wildman–Crippen LogP) is 7.84. The molecule has 0 bridgehead atoms. The number of fused-ring (bicyclic) bond motifs is 1. The van der Waals surface area contributed by atoms with Gasteiger partial charge in [-0.25, -0.2) is 0 Å². The molecule has 0 N–H and O–H groups in total. The van der Waals surface area contributed by atoms with Crippen molar-refractivity contribution in [2.24, 2.45) is 11.8 Å². The van der Waals surface area contributed by atoms with Crippen LogP contribution < -0.4 is 0 Å². The van der Waals surface area contributed by atoms with E-state index in [1.807, 2.05) is 0 Å². The van der Waals surface area contributed by atoms with Crippen LogP contribution in [-0.2, 0) is 12.8 Å². The molecule has 2 aliphatic carbocycles. The first-order valence-electron chi connectivity index (χ1n) is 11.4. The first-order chi connectivity index (χ1) is 12.3. The largest absolute Gasteiger partial charge is 0.0654 e. The molecular formula is C25H40. The van der Waals surface area contributed by atoms with Crippen LogP contribution in [0, 0.1) is 11.8 Å². The van der Waals surface area contributed by atoms with Crippen LogP contribution in [0.5, 0.6) is 0 Å². The smallest absolute Gasteiger partial charge is 0.0162 e. The van der Waals surface area contributed by atoms with E-state index in [0.717, 1.165) is 17.8 Å². The van der Waals surface area contributed by atoms with E-state index < -0.39 is 0 Å². The maximum absolute atomic E-state index is 2.60. The van der Waals surface area contributed by atoms with E-state index in [4.69, 9.17) is 0 Å². The lowest BCUT2D eigenvalue weighted by Gasteiger charge is -2.30. The molecule has 0 radical (unpaired) electrons. The van der Waals surface area contributed by atoms with Gasteiger partial charge in [-0.15, -0.1) is 0 Å². The molecule has 0 aliphatic heterocycles. The van der Waals surface area contributed by atoms with Crippen molar-refractivity contribution < 1.29 is 0 Å². The Morgan fingerprint density at radius 3 is 2.36 bits per heavy atom. The Kier molecular flexibility index (Phi) is 7.44. The highest BCUT2D eigenvalue weighted by molar-refractivity contribution is 5.36. The zero-order valence-corrected chi connectivity index (χ0v) is 16.9. The van der Waals surface area contributed by atoms with E-state index in [2.05, 4.69) is 32.0 Å². The van der Waals surface area contributed by atoms with Crippen molar-refractivity contribution in [1.29, 1.82) is 0 Å². The van der Waals surface area contributed by atoms with E-state index in [-0.39, 0.29) is 0 Å². The molecular weight excluding hydrogens is 300 g/mol. The lowest BCUT2D eigenvalue weighted by atomic mass is 9.75. The van der Waals surface area contributed by atoms with Gasteiger partial charge in [0.25, 0.3) is 0 Å². The fourth-order valence-corrected chi connectivity index (χ4v) is 5.29. The zero-order valence-electron chi connectivity index (χ0n) is 16.9. The van der Waals surface area contributed by atoms with Crippen LogP contribution in [0.2, 0.25) is 0 Å². The third-order valence-electron chi connectivity index (χ3n) is 7.17.